The Kier molecular flexibility index (Phi) is 6.85. The summed E-state index contributed by atoms with van der Waals surface area (Å²) in [5, 5.41) is 10.4. The Balaban J connectivity index is 1.46. The normalized spacial score (nSPS) is 16.7. The summed E-state index contributed by atoms with van der Waals surface area (Å²) >= 11 is 0. The number of aromatic nitrogens is 2. The molecule has 4 rings (SSSR count). The van der Waals surface area contributed by atoms with Crippen LogP contribution in [0.2, 0.25) is 0 Å². The van der Waals surface area contributed by atoms with Crippen molar-refractivity contribution in [3.63, 3.8) is 0 Å². The van der Waals surface area contributed by atoms with Gasteiger partial charge in [-0.15, -0.1) is 5.10 Å². The maximum absolute atomic E-state index is 12.9. The van der Waals surface area contributed by atoms with Crippen LogP contribution in [0.4, 0.5) is 6.01 Å². The predicted molar refractivity (Wildman–Crippen MR) is 124 cm³/mol. The van der Waals surface area contributed by atoms with Gasteiger partial charge in [0.15, 0.2) is 0 Å². The molecule has 1 fully saturated rings. The molecule has 1 unspecified atom stereocenters. The lowest BCUT2D eigenvalue weighted by atomic mass is 10.0. The number of hydrogen-bond donors (Lipinski definition) is 1. The van der Waals surface area contributed by atoms with Crippen molar-refractivity contribution in [3.05, 3.63) is 48.0 Å². The van der Waals surface area contributed by atoms with Gasteiger partial charge in [0.1, 0.15) is 11.5 Å². The smallest absolute Gasteiger partial charge is 0.322 e. The number of benzene rings is 2. The highest BCUT2D eigenvalue weighted by Gasteiger charge is 2.28. The Morgan fingerprint density at radius 3 is 2.56 bits per heavy atom. The highest BCUT2D eigenvalue weighted by Crippen LogP contribution is 2.33. The summed E-state index contributed by atoms with van der Waals surface area (Å²) in [5.74, 6) is 1.06. The van der Waals surface area contributed by atoms with Crippen LogP contribution in [0.1, 0.15) is 30.1 Å². The number of anilines is 1. The number of piperidine rings is 1. The molecule has 0 saturated carbocycles. The van der Waals surface area contributed by atoms with E-state index in [4.69, 9.17) is 13.9 Å². The average Bonchev–Trinajstić information content (AvgIpc) is 3.31. The molecular formula is C23H26N4O6S. The summed E-state index contributed by atoms with van der Waals surface area (Å²) in [5.41, 5.74) is 0.797. The van der Waals surface area contributed by atoms with Crippen molar-refractivity contribution in [1.29, 1.82) is 0 Å². The highest BCUT2D eigenvalue weighted by atomic mass is 32.2. The fourth-order valence-corrected chi connectivity index (χ4v) is 5.42. The lowest BCUT2D eigenvalue weighted by Crippen LogP contribution is -2.39. The molecule has 2 heterocycles. The quantitative estimate of drug-likeness (QED) is 0.539. The van der Waals surface area contributed by atoms with Gasteiger partial charge in [-0.3, -0.25) is 10.1 Å². The molecule has 1 amide bonds. The summed E-state index contributed by atoms with van der Waals surface area (Å²) in [6, 6.07) is 10.8. The highest BCUT2D eigenvalue weighted by molar-refractivity contribution is 7.89. The number of nitrogens with one attached hydrogen (secondary N) is 1. The van der Waals surface area contributed by atoms with Gasteiger partial charge in [-0.2, -0.15) is 4.31 Å². The Labute approximate surface area is 197 Å². The molecule has 0 spiro atoms. The van der Waals surface area contributed by atoms with Gasteiger partial charge in [0.2, 0.25) is 10.0 Å². The summed E-state index contributed by atoms with van der Waals surface area (Å²) in [6.07, 6.45) is 1.86. The van der Waals surface area contributed by atoms with Crippen molar-refractivity contribution >= 4 is 21.9 Å². The third-order valence-corrected chi connectivity index (χ3v) is 7.54. The van der Waals surface area contributed by atoms with Gasteiger partial charge in [-0.25, -0.2) is 8.42 Å². The van der Waals surface area contributed by atoms with Gasteiger partial charge in [0.05, 0.1) is 24.7 Å². The van der Waals surface area contributed by atoms with E-state index in [1.165, 1.54) is 35.7 Å². The molecule has 1 aliphatic rings. The summed E-state index contributed by atoms with van der Waals surface area (Å²) in [7, 11) is -0.542. The van der Waals surface area contributed by atoms with Crippen LogP contribution >= 0.6 is 0 Å². The molecule has 3 aromatic rings. The van der Waals surface area contributed by atoms with Gasteiger partial charge in [-0.05, 0) is 55.2 Å². The van der Waals surface area contributed by atoms with Gasteiger partial charge in [0, 0.05) is 24.7 Å². The van der Waals surface area contributed by atoms with Crippen molar-refractivity contribution in [3.8, 4) is 23.0 Å². The lowest BCUT2D eigenvalue weighted by Gasteiger charge is -2.30. The van der Waals surface area contributed by atoms with Gasteiger partial charge < -0.3 is 13.9 Å². The number of hydrogen-bond acceptors (Lipinski definition) is 8. The molecule has 180 valence electrons. The van der Waals surface area contributed by atoms with E-state index in [0.717, 1.165) is 12.8 Å². The monoisotopic (exact) mass is 486 g/mol. The number of nitrogens with zero attached hydrogens (tertiary/aromatic N) is 3. The molecule has 1 atom stereocenters. The van der Waals surface area contributed by atoms with E-state index in [1.54, 1.807) is 25.3 Å². The molecule has 11 heteroatoms. The standard InChI is InChI=1S/C23H26N4O6S/c1-15-5-4-12-27(14-15)34(29,30)18-9-6-16(7-10-18)21(28)24-23-26-25-22(33-23)19-11-8-17(31-2)13-20(19)32-3/h6-11,13,15H,4-5,12,14H2,1-3H3,(H,24,26,28). The van der Waals surface area contributed by atoms with Crippen LogP contribution in [-0.4, -0.2) is 56.1 Å². The molecule has 10 nitrogen and oxygen atoms in total. The second kappa shape index (κ2) is 9.82. The van der Waals surface area contributed by atoms with Crippen LogP contribution in [0.3, 0.4) is 0 Å². The van der Waals surface area contributed by atoms with E-state index >= 15 is 0 Å². The average molecular weight is 487 g/mol. The minimum Gasteiger partial charge on any atom is -0.497 e. The van der Waals surface area contributed by atoms with Crippen LogP contribution in [0.5, 0.6) is 11.5 Å². The first kappa shape index (κ1) is 23.7. The van der Waals surface area contributed by atoms with Gasteiger partial charge in [0.25, 0.3) is 11.8 Å². The first-order valence-electron chi connectivity index (χ1n) is 10.8. The lowest BCUT2D eigenvalue weighted by molar-refractivity contribution is 0.102. The Morgan fingerprint density at radius 2 is 1.88 bits per heavy atom. The number of methoxy groups -OCH3 is 2. The minimum absolute atomic E-state index is 0.100. The van der Waals surface area contributed by atoms with Crippen molar-refractivity contribution in [1.82, 2.24) is 14.5 Å². The molecule has 1 aliphatic heterocycles. The second-order valence-electron chi connectivity index (χ2n) is 8.07. The maximum atomic E-state index is 12.9. The first-order valence-corrected chi connectivity index (χ1v) is 12.2. The Morgan fingerprint density at radius 1 is 1.12 bits per heavy atom. The van der Waals surface area contributed by atoms with E-state index in [2.05, 4.69) is 15.5 Å². The third-order valence-electron chi connectivity index (χ3n) is 5.66. The van der Waals surface area contributed by atoms with E-state index in [-0.39, 0.29) is 22.4 Å². The zero-order valence-corrected chi connectivity index (χ0v) is 20.0. The fourth-order valence-electron chi connectivity index (χ4n) is 3.82. The Bertz CT molecular complexity index is 1270. The SMILES string of the molecule is COc1ccc(-c2nnc(NC(=O)c3ccc(S(=O)(=O)N4CCCC(C)C4)cc3)o2)c(OC)c1. The molecular weight excluding hydrogens is 460 g/mol. The van der Waals surface area contributed by atoms with Crippen molar-refractivity contribution < 1.29 is 27.1 Å². The van der Waals surface area contributed by atoms with E-state index in [1.807, 2.05) is 6.92 Å². The van der Waals surface area contributed by atoms with Crippen LogP contribution in [0, 0.1) is 5.92 Å². The maximum Gasteiger partial charge on any atom is 0.322 e. The minimum atomic E-state index is -3.60. The van der Waals surface area contributed by atoms with Crippen LogP contribution in [-0.2, 0) is 10.0 Å². The van der Waals surface area contributed by atoms with Crippen molar-refractivity contribution in [2.75, 3.05) is 32.6 Å². The van der Waals surface area contributed by atoms with Gasteiger partial charge in [-0.1, -0.05) is 12.0 Å². The van der Waals surface area contributed by atoms with Crippen molar-refractivity contribution in [2.24, 2.45) is 5.92 Å². The first-order chi connectivity index (χ1) is 16.3. The number of ether oxygens (including phenoxy) is 2. The molecule has 0 aliphatic carbocycles. The molecule has 2 aromatic carbocycles. The van der Waals surface area contributed by atoms with Crippen LogP contribution in [0.25, 0.3) is 11.5 Å². The zero-order chi connectivity index (χ0) is 24.3. The third kappa shape index (κ3) is 4.90. The summed E-state index contributed by atoms with van der Waals surface area (Å²) in [6.45, 7) is 3.05. The molecule has 34 heavy (non-hydrogen) atoms. The molecule has 1 N–H and O–H groups in total. The number of carbonyl (C=O) groups is 1. The predicted octanol–water partition coefficient (Wildman–Crippen LogP) is 3.43. The number of sulfonamides is 1. The number of carbonyl (C=O) groups excluding carboxylic acids is 1. The molecule has 0 radical (unpaired) electrons. The number of rotatable bonds is 7. The largest absolute Gasteiger partial charge is 0.497 e. The van der Waals surface area contributed by atoms with Crippen LogP contribution < -0.4 is 14.8 Å². The van der Waals surface area contributed by atoms with E-state index in [9.17, 15) is 13.2 Å². The van der Waals surface area contributed by atoms with Gasteiger partial charge >= 0.3 is 6.01 Å². The van der Waals surface area contributed by atoms with Crippen LogP contribution in [0.15, 0.2) is 51.8 Å². The van der Waals surface area contributed by atoms with Crippen molar-refractivity contribution in [2.45, 2.75) is 24.7 Å². The molecule has 1 saturated heterocycles. The second-order valence-corrected chi connectivity index (χ2v) is 10.0. The molecule has 1 aromatic heterocycles. The summed E-state index contributed by atoms with van der Waals surface area (Å²) < 4.78 is 43.4. The van der Waals surface area contributed by atoms with E-state index < -0.39 is 15.9 Å². The zero-order valence-electron chi connectivity index (χ0n) is 19.1. The van der Waals surface area contributed by atoms with E-state index in [0.29, 0.717) is 36.1 Å². The molecule has 0 bridgehead atoms. The Hall–Kier alpha value is -3.44. The number of amides is 1. The fraction of sp³-hybridized carbons (Fsp3) is 0.348. The topological polar surface area (TPSA) is 124 Å². The summed E-state index contributed by atoms with van der Waals surface area (Å²) in [4.78, 5) is 12.8.